The second-order valence-electron chi connectivity index (χ2n) is 25.9. The number of nitrogens with zero attached hydrogens (tertiary/aromatic N) is 5. The lowest BCUT2D eigenvalue weighted by Gasteiger charge is -2.63. The van der Waals surface area contributed by atoms with Gasteiger partial charge in [0.05, 0.1) is 6.04 Å². The number of carbonyl (C=O) groups is 3. The van der Waals surface area contributed by atoms with Gasteiger partial charge in [0.15, 0.2) is 0 Å². The molecule has 5 saturated heterocycles. The van der Waals surface area contributed by atoms with Gasteiger partial charge in [-0.3, -0.25) is 44.7 Å². The zero-order valence-electron chi connectivity index (χ0n) is 44.3. The highest BCUT2D eigenvalue weighted by atomic mass is 35.5. The maximum Gasteiger partial charge on any atom is 0.408 e. The molecular formula is C49H90Cl2N8O10. The molecule has 0 aromatic heterocycles. The minimum Gasteiger partial charge on any atom is -0.444 e. The van der Waals surface area contributed by atoms with Crippen molar-refractivity contribution < 1.29 is 48.9 Å². The number of hydroxylamine groups is 6. The molecule has 11 fully saturated rings. The maximum atomic E-state index is 13.7. The van der Waals surface area contributed by atoms with Crippen molar-refractivity contribution in [1.29, 1.82) is 0 Å². The number of alkyl carbamates (subject to hydrolysis) is 1. The molecule has 0 spiro atoms. The summed E-state index contributed by atoms with van der Waals surface area (Å²) < 4.78 is 5.44. The fourth-order valence-corrected chi connectivity index (χ4v) is 12.8. The van der Waals surface area contributed by atoms with Crippen molar-refractivity contribution >= 4 is 42.7 Å². The molecule has 0 aromatic carbocycles. The average molecular weight is 1020 g/mol. The molecule has 4 bridgehead atoms. The van der Waals surface area contributed by atoms with E-state index in [1.54, 1.807) is 10.5 Å². The fourth-order valence-electron chi connectivity index (χ4n) is 12.8. The van der Waals surface area contributed by atoms with E-state index in [0.717, 1.165) is 51.0 Å². The zero-order chi connectivity index (χ0) is 49.6. The SMILES string of the molecule is CC(C)(C)OC(=O)N[C@H](C(=O)N1CCC[C@H]1N1O[C@@H]2CC3CC(C3(C)C)[C@]2(C)O1)C(C)(C)C.CC(C)(C)[C@H](N)C(=O)N1CCC[C@H]1N(O)O.CC1(C)C2CC1[C@]1(C)ON([C@@H]3CCCN3)O[C@@H]1C2.Cl.Cl. The van der Waals surface area contributed by atoms with E-state index < -0.39 is 35.4 Å². The van der Waals surface area contributed by atoms with E-state index in [1.807, 2.05) is 67.2 Å². The third-order valence-corrected chi connectivity index (χ3v) is 17.4. The first-order chi connectivity index (χ1) is 30.8. The van der Waals surface area contributed by atoms with E-state index in [-0.39, 0.29) is 88.4 Å². The number of halogens is 2. The van der Waals surface area contributed by atoms with E-state index in [0.29, 0.717) is 42.7 Å². The van der Waals surface area contributed by atoms with E-state index in [1.165, 1.54) is 24.2 Å². The van der Waals surface area contributed by atoms with Gasteiger partial charge in [-0.1, -0.05) is 69.2 Å². The molecule has 4 unspecified atom stereocenters. The summed E-state index contributed by atoms with van der Waals surface area (Å²) in [5.74, 6) is 2.20. The van der Waals surface area contributed by atoms with Crippen LogP contribution in [0.25, 0.3) is 0 Å². The highest BCUT2D eigenvalue weighted by Crippen LogP contribution is 2.67. The van der Waals surface area contributed by atoms with Gasteiger partial charge in [-0.2, -0.15) is 0 Å². The van der Waals surface area contributed by atoms with E-state index in [4.69, 9.17) is 40.2 Å². The number of ether oxygens (including phenoxy) is 1. The zero-order valence-corrected chi connectivity index (χ0v) is 46.0. The predicted molar refractivity (Wildman–Crippen MR) is 263 cm³/mol. The van der Waals surface area contributed by atoms with Crippen LogP contribution in [-0.2, 0) is 33.7 Å². The van der Waals surface area contributed by atoms with Crippen molar-refractivity contribution in [2.45, 2.75) is 228 Å². The minimum absolute atomic E-state index is 0. The lowest BCUT2D eigenvalue weighted by atomic mass is 9.43. The lowest BCUT2D eigenvalue weighted by Crippen LogP contribution is -2.65. The summed E-state index contributed by atoms with van der Waals surface area (Å²) in [6.07, 6.45) is 8.91. The molecule has 6 aliphatic carbocycles. The summed E-state index contributed by atoms with van der Waals surface area (Å²) in [5, 5.41) is 27.8. The topological polar surface area (TPSA) is 204 Å². The van der Waals surface area contributed by atoms with Crippen LogP contribution < -0.4 is 16.4 Å². The van der Waals surface area contributed by atoms with Crippen LogP contribution in [0.5, 0.6) is 0 Å². The number of nitrogens with one attached hydrogen (secondary N) is 2. The molecule has 0 radical (unpaired) electrons. The molecular weight excluding hydrogens is 931 g/mol. The Labute approximate surface area is 424 Å². The Balaban J connectivity index is 0.000000208. The van der Waals surface area contributed by atoms with Gasteiger partial charge in [-0.15, -0.1) is 24.8 Å². The van der Waals surface area contributed by atoms with Crippen LogP contribution >= 0.6 is 24.8 Å². The molecule has 11 aliphatic rings. The van der Waals surface area contributed by atoms with E-state index in [9.17, 15) is 14.4 Å². The first-order valence-corrected chi connectivity index (χ1v) is 25.4. The van der Waals surface area contributed by atoms with Crippen LogP contribution in [0.15, 0.2) is 0 Å². The van der Waals surface area contributed by atoms with Crippen molar-refractivity contribution in [2.75, 3.05) is 19.6 Å². The summed E-state index contributed by atoms with van der Waals surface area (Å²) in [6, 6.07) is -1.35. The molecule has 5 heterocycles. The summed E-state index contributed by atoms with van der Waals surface area (Å²) >= 11 is 0. The number of hydrogen-bond donors (Lipinski definition) is 5. The molecule has 3 amide bonds. The predicted octanol–water partition coefficient (Wildman–Crippen LogP) is 7.55. The van der Waals surface area contributed by atoms with Gasteiger partial charge < -0.3 is 25.6 Å². The molecule has 6 saturated carbocycles. The quantitative estimate of drug-likeness (QED) is 0.163. The Morgan fingerprint density at radius 1 is 0.710 bits per heavy atom. The van der Waals surface area contributed by atoms with Crippen LogP contribution in [0.1, 0.15) is 168 Å². The van der Waals surface area contributed by atoms with Crippen LogP contribution in [0.4, 0.5) is 4.79 Å². The van der Waals surface area contributed by atoms with Crippen LogP contribution in [-0.4, -0.2) is 133 Å². The first kappa shape index (κ1) is 58.2. The molecule has 11 rings (SSSR count). The summed E-state index contributed by atoms with van der Waals surface area (Å²) in [6.45, 7) is 33.0. The number of hydrogen-bond acceptors (Lipinski definition) is 15. The first-order valence-electron chi connectivity index (χ1n) is 25.4. The normalized spacial score (nSPS) is 37.2. The average Bonchev–Trinajstić information content (AvgIpc) is 4.06. The fraction of sp³-hybridized carbons (Fsp3) is 0.939. The van der Waals surface area contributed by atoms with E-state index >= 15 is 0 Å². The molecule has 13 atom stereocenters. The Bertz CT molecular complexity index is 1820. The van der Waals surface area contributed by atoms with Gasteiger partial charge in [0, 0.05) is 13.1 Å². The molecule has 400 valence electrons. The molecule has 6 N–H and O–H groups in total. The van der Waals surface area contributed by atoms with Crippen molar-refractivity contribution in [3.05, 3.63) is 0 Å². The van der Waals surface area contributed by atoms with Gasteiger partial charge in [0.2, 0.25) is 11.8 Å². The Morgan fingerprint density at radius 2 is 1.22 bits per heavy atom. The number of amides is 3. The Hall–Kier alpha value is -1.65. The van der Waals surface area contributed by atoms with Gasteiger partial charge in [0.1, 0.15) is 53.6 Å². The molecule has 0 aromatic rings. The third kappa shape index (κ3) is 11.2. The standard InChI is InChI=1S/C25H43N3O5.C14H24N2O2.C10H21N3O3.2ClH/c1-22(2,3)19(26-21(30)31-23(4,5)6)20(29)27-12-10-11-18(27)28-32-17-14-15-13-16(24(15,7)8)25(17,9)33-28;1-13(2)9-7-10(13)14(3)11(8-9)17-16(18-14)12-5-4-6-15-12;1-10(2,3)8(11)9(14)12-6-4-5-7(12)13(15)16;;/h15-19H,10-14H2,1-9H3,(H,26,30);9-12,15H,4-8H2,1-3H3;7-8,15-16H,4-6,11H2,1-3H3;2*1H/t15?,16?,17-,18-,19-,25+;9?,10?,11-,12-,14+;7-,8-;;/m111../s1. The van der Waals surface area contributed by atoms with Crippen LogP contribution in [0.3, 0.4) is 0 Å². The van der Waals surface area contributed by atoms with Crippen molar-refractivity contribution in [2.24, 2.45) is 51.1 Å². The smallest absolute Gasteiger partial charge is 0.408 e. The maximum absolute atomic E-state index is 13.7. The van der Waals surface area contributed by atoms with Crippen molar-refractivity contribution in [3.63, 3.8) is 0 Å². The summed E-state index contributed by atoms with van der Waals surface area (Å²) in [5.41, 5.74) is 4.61. The minimum atomic E-state index is -0.722. The molecule has 18 nitrogen and oxygen atoms in total. The van der Waals surface area contributed by atoms with Crippen molar-refractivity contribution in [3.8, 4) is 0 Å². The number of nitrogens with two attached hydrogens (primary N) is 1. The van der Waals surface area contributed by atoms with Gasteiger partial charge in [-0.25, -0.2) is 4.79 Å². The highest BCUT2D eigenvalue weighted by Gasteiger charge is 2.70. The molecule has 69 heavy (non-hydrogen) atoms. The highest BCUT2D eigenvalue weighted by molar-refractivity contribution is 5.87. The summed E-state index contributed by atoms with van der Waals surface area (Å²) in [4.78, 5) is 66.8. The van der Waals surface area contributed by atoms with Crippen LogP contribution in [0.2, 0.25) is 0 Å². The third-order valence-electron chi connectivity index (χ3n) is 17.4. The van der Waals surface area contributed by atoms with Gasteiger partial charge in [0.25, 0.3) is 0 Å². The second kappa shape index (κ2) is 20.6. The Morgan fingerprint density at radius 3 is 1.68 bits per heavy atom. The van der Waals surface area contributed by atoms with Gasteiger partial charge in [-0.05, 0) is 166 Å². The summed E-state index contributed by atoms with van der Waals surface area (Å²) in [7, 11) is 0. The number of carbonyl (C=O) groups excluding carboxylic acids is 3. The molecule has 5 aliphatic heterocycles. The Kier molecular flexibility index (Phi) is 17.4. The van der Waals surface area contributed by atoms with Crippen LogP contribution in [0, 0.1) is 45.3 Å². The van der Waals surface area contributed by atoms with Crippen molar-refractivity contribution in [1.82, 2.24) is 36.1 Å². The lowest BCUT2D eigenvalue weighted by molar-refractivity contribution is -0.365. The van der Waals surface area contributed by atoms with Gasteiger partial charge >= 0.3 is 6.09 Å². The monoisotopic (exact) mass is 1020 g/mol. The second-order valence-corrected chi connectivity index (χ2v) is 25.9. The van der Waals surface area contributed by atoms with E-state index in [2.05, 4.69) is 52.2 Å². The number of likely N-dealkylation sites (tertiary alicyclic amines) is 2. The number of rotatable bonds is 6. The largest absolute Gasteiger partial charge is 0.444 e. The molecule has 20 heteroatoms.